The quantitative estimate of drug-likeness (QED) is 0.586. The SMILES string of the molecule is CC(C)(C)OC(=O)CC1=N[C@@]2(c3cc(N)ccc3F)CO[C@@H](CO)C[C@H]2CS1. The van der Waals surface area contributed by atoms with E-state index in [0.29, 0.717) is 28.5 Å². The Morgan fingerprint density at radius 3 is 2.93 bits per heavy atom. The van der Waals surface area contributed by atoms with Crippen molar-refractivity contribution < 1.29 is 23.8 Å². The molecule has 2 aliphatic rings. The lowest BCUT2D eigenvalue weighted by Crippen LogP contribution is -2.50. The number of carbonyl (C=O) groups excluding carboxylic acids is 1. The first-order chi connectivity index (χ1) is 13.1. The fourth-order valence-electron chi connectivity index (χ4n) is 3.68. The summed E-state index contributed by atoms with van der Waals surface area (Å²) in [6.07, 6.45) is 0.288. The van der Waals surface area contributed by atoms with Crippen LogP contribution in [-0.4, -0.2) is 46.8 Å². The monoisotopic (exact) mass is 410 g/mol. The molecule has 1 aromatic rings. The van der Waals surface area contributed by atoms with Crippen LogP contribution in [0.25, 0.3) is 0 Å². The Morgan fingerprint density at radius 1 is 1.50 bits per heavy atom. The zero-order valence-corrected chi connectivity index (χ0v) is 17.2. The molecule has 1 saturated heterocycles. The molecule has 6 nitrogen and oxygen atoms in total. The van der Waals surface area contributed by atoms with Crippen molar-refractivity contribution in [3.8, 4) is 0 Å². The summed E-state index contributed by atoms with van der Waals surface area (Å²) in [5.41, 5.74) is 5.18. The van der Waals surface area contributed by atoms with E-state index in [9.17, 15) is 14.3 Å². The van der Waals surface area contributed by atoms with Gasteiger partial charge in [0.1, 0.15) is 17.0 Å². The van der Waals surface area contributed by atoms with Crippen molar-refractivity contribution in [1.82, 2.24) is 0 Å². The molecular formula is C20H27FN2O4S. The van der Waals surface area contributed by atoms with Crippen LogP contribution in [0.5, 0.6) is 0 Å². The summed E-state index contributed by atoms with van der Waals surface area (Å²) in [6.45, 7) is 5.46. The van der Waals surface area contributed by atoms with Crippen LogP contribution < -0.4 is 5.73 Å². The predicted molar refractivity (Wildman–Crippen MR) is 108 cm³/mol. The molecule has 1 fully saturated rings. The van der Waals surface area contributed by atoms with Gasteiger partial charge in [-0.3, -0.25) is 9.79 Å². The van der Waals surface area contributed by atoms with E-state index in [-0.39, 0.29) is 37.6 Å². The molecule has 0 saturated carbocycles. The van der Waals surface area contributed by atoms with Crippen LogP contribution in [0.4, 0.5) is 10.1 Å². The zero-order valence-electron chi connectivity index (χ0n) is 16.4. The Labute approximate surface area is 168 Å². The van der Waals surface area contributed by atoms with E-state index < -0.39 is 17.0 Å². The highest BCUT2D eigenvalue weighted by atomic mass is 32.2. The number of aliphatic hydroxyl groups is 1. The Bertz CT molecular complexity index is 780. The third-order valence-electron chi connectivity index (χ3n) is 4.91. The minimum atomic E-state index is -0.965. The summed E-state index contributed by atoms with van der Waals surface area (Å²) in [4.78, 5) is 17.1. The molecule has 28 heavy (non-hydrogen) atoms. The molecule has 2 aliphatic heterocycles. The second-order valence-corrected chi connectivity index (χ2v) is 9.38. The summed E-state index contributed by atoms with van der Waals surface area (Å²) in [6, 6.07) is 4.43. The molecule has 0 aliphatic carbocycles. The number of aliphatic hydroxyl groups excluding tert-OH is 1. The fourth-order valence-corrected chi connectivity index (χ4v) is 4.93. The van der Waals surface area contributed by atoms with Gasteiger partial charge in [0.25, 0.3) is 0 Å². The van der Waals surface area contributed by atoms with E-state index in [4.69, 9.17) is 20.2 Å². The number of aliphatic imine (C=N–C) groups is 1. The molecule has 8 heteroatoms. The van der Waals surface area contributed by atoms with Crippen LogP contribution >= 0.6 is 11.8 Å². The fraction of sp³-hybridized carbons (Fsp3) is 0.600. The molecule has 0 unspecified atom stereocenters. The van der Waals surface area contributed by atoms with Crippen molar-refractivity contribution in [2.24, 2.45) is 10.9 Å². The van der Waals surface area contributed by atoms with Crippen LogP contribution in [-0.2, 0) is 19.8 Å². The van der Waals surface area contributed by atoms with Crippen LogP contribution in [0.3, 0.4) is 0 Å². The number of thioether (sulfide) groups is 1. The molecule has 0 radical (unpaired) electrons. The molecule has 1 aromatic carbocycles. The lowest BCUT2D eigenvalue weighted by molar-refractivity contribution is -0.153. The Hall–Kier alpha value is -1.64. The average Bonchev–Trinajstić information content (AvgIpc) is 2.61. The number of halogens is 1. The minimum absolute atomic E-state index is 0.0315. The maximum Gasteiger partial charge on any atom is 0.312 e. The van der Waals surface area contributed by atoms with E-state index in [1.807, 2.05) is 20.8 Å². The van der Waals surface area contributed by atoms with E-state index in [1.165, 1.54) is 23.9 Å². The number of anilines is 1. The second-order valence-electron chi connectivity index (χ2n) is 8.29. The standard InChI is InChI=1S/C20H27FN2O4S/c1-19(2,3)27-18(25)8-17-23-20(15-7-13(22)4-5-16(15)21)11-26-14(9-24)6-12(20)10-28-17/h4-5,7,12,14,24H,6,8-11,22H2,1-3H3/t12-,14+,20-/m0/s1. The van der Waals surface area contributed by atoms with E-state index in [1.54, 1.807) is 6.07 Å². The molecule has 0 spiro atoms. The van der Waals surface area contributed by atoms with E-state index >= 15 is 0 Å². The smallest absolute Gasteiger partial charge is 0.312 e. The third kappa shape index (κ3) is 4.50. The number of nitrogen functional groups attached to an aromatic ring is 1. The Morgan fingerprint density at radius 2 is 2.25 bits per heavy atom. The number of esters is 1. The number of ether oxygens (including phenoxy) is 2. The first-order valence-electron chi connectivity index (χ1n) is 9.34. The summed E-state index contributed by atoms with van der Waals surface area (Å²) in [5.74, 6) is -0.166. The van der Waals surface area contributed by atoms with Gasteiger partial charge in [-0.25, -0.2) is 4.39 Å². The molecule has 0 amide bonds. The molecule has 0 bridgehead atoms. The van der Waals surface area contributed by atoms with Crippen LogP contribution in [0.2, 0.25) is 0 Å². The van der Waals surface area contributed by atoms with Gasteiger partial charge in [-0.2, -0.15) is 0 Å². The molecule has 3 rings (SSSR count). The number of fused-ring (bicyclic) bond motifs is 1. The van der Waals surface area contributed by atoms with Gasteiger partial charge in [0, 0.05) is 22.9 Å². The number of rotatable bonds is 4. The van der Waals surface area contributed by atoms with Crippen LogP contribution in [0.15, 0.2) is 23.2 Å². The first-order valence-corrected chi connectivity index (χ1v) is 10.3. The van der Waals surface area contributed by atoms with Gasteiger partial charge in [0.2, 0.25) is 0 Å². The number of hydrogen-bond donors (Lipinski definition) is 2. The van der Waals surface area contributed by atoms with Crippen molar-refractivity contribution in [2.45, 2.75) is 50.9 Å². The third-order valence-corrected chi connectivity index (χ3v) is 6.05. The first kappa shape index (κ1) is 21.1. The highest BCUT2D eigenvalue weighted by Crippen LogP contribution is 2.47. The lowest BCUT2D eigenvalue weighted by Gasteiger charge is -2.46. The highest BCUT2D eigenvalue weighted by Gasteiger charge is 2.49. The van der Waals surface area contributed by atoms with Gasteiger partial charge >= 0.3 is 5.97 Å². The number of hydrogen-bond acceptors (Lipinski definition) is 7. The predicted octanol–water partition coefficient (Wildman–Crippen LogP) is 2.88. The topological polar surface area (TPSA) is 94.1 Å². The van der Waals surface area contributed by atoms with Crippen LogP contribution in [0.1, 0.15) is 39.2 Å². The maximum atomic E-state index is 14.8. The largest absolute Gasteiger partial charge is 0.460 e. The summed E-state index contributed by atoms with van der Waals surface area (Å²) in [5, 5.41) is 10.1. The number of nitrogens with two attached hydrogens (primary N) is 1. The minimum Gasteiger partial charge on any atom is -0.460 e. The molecule has 2 heterocycles. The molecule has 0 aromatic heterocycles. The van der Waals surface area contributed by atoms with Crippen molar-refractivity contribution in [3.63, 3.8) is 0 Å². The van der Waals surface area contributed by atoms with Crippen LogP contribution in [0, 0.1) is 11.7 Å². The molecule has 3 atom stereocenters. The normalized spacial score (nSPS) is 27.7. The summed E-state index contributed by atoms with van der Waals surface area (Å²) >= 11 is 1.48. The summed E-state index contributed by atoms with van der Waals surface area (Å²) < 4.78 is 26.0. The zero-order chi connectivity index (χ0) is 20.5. The van der Waals surface area contributed by atoms with Crippen molar-refractivity contribution >= 4 is 28.5 Å². The number of benzene rings is 1. The van der Waals surface area contributed by atoms with E-state index in [2.05, 4.69) is 0 Å². The molecule has 154 valence electrons. The van der Waals surface area contributed by atoms with Gasteiger partial charge in [-0.05, 0) is 45.4 Å². The number of carbonyl (C=O) groups is 1. The molecular weight excluding hydrogens is 383 g/mol. The maximum absolute atomic E-state index is 14.8. The second kappa shape index (κ2) is 8.00. The highest BCUT2D eigenvalue weighted by molar-refractivity contribution is 8.14. The Balaban J connectivity index is 1.97. The number of nitrogens with zero attached hydrogens (tertiary/aromatic N) is 1. The van der Waals surface area contributed by atoms with Crippen molar-refractivity contribution in [3.05, 3.63) is 29.6 Å². The van der Waals surface area contributed by atoms with Gasteiger partial charge in [-0.1, -0.05) is 0 Å². The Kier molecular flexibility index (Phi) is 6.03. The van der Waals surface area contributed by atoms with Gasteiger partial charge < -0.3 is 20.3 Å². The van der Waals surface area contributed by atoms with Crippen molar-refractivity contribution in [1.29, 1.82) is 0 Å². The van der Waals surface area contributed by atoms with Crippen molar-refractivity contribution in [2.75, 3.05) is 24.7 Å². The van der Waals surface area contributed by atoms with Gasteiger partial charge in [-0.15, -0.1) is 11.8 Å². The lowest BCUT2D eigenvalue weighted by atomic mass is 9.75. The van der Waals surface area contributed by atoms with Gasteiger partial charge in [0.15, 0.2) is 0 Å². The van der Waals surface area contributed by atoms with E-state index in [0.717, 1.165) is 0 Å². The summed E-state index contributed by atoms with van der Waals surface area (Å²) in [7, 11) is 0. The van der Waals surface area contributed by atoms with Gasteiger partial charge in [0.05, 0.1) is 30.8 Å². The average molecular weight is 411 g/mol. The molecule has 3 N–H and O–H groups in total.